The van der Waals surface area contributed by atoms with Crippen molar-refractivity contribution in [3.05, 3.63) is 88.5 Å². The highest BCUT2D eigenvalue weighted by atomic mass is 32.2. The summed E-state index contributed by atoms with van der Waals surface area (Å²) in [6, 6.07) is 16.7. The minimum Gasteiger partial charge on any atom is -0.485 e. The van der Waals surface area contributed by atoms with Gasteiger partial charge in [-0.15, -0.1) is 0 Å². The summed E-state index contributed by atoms with van der Waals surface area (Å²) in [7, 11) is -4.00. The monoisotopic (exact) mass is 592 g/mol. The van der Waals surface area contributed by atoms with Crippen molar-refractivity contribution in [2.24, 2.45) is 0 Å². The second kappa shape index (κ2) is 11.1. The molecule has 3 N–H and O–H groups in total. The van der Waals surface area contributed by atoms with E-state index in [1.165, 1.54) is 0 Å². The Morgan fingerprint density at radius 3 is 2.00 bits per heavy atom. The van der Waals surface area contributed by atoms with Crippen molar-refractivity contribution in [3.63, 3.8) is 0 Å². The number of aliphatic hydroxyl groups is 1. The zero-order valence-corrected chi connectivity index (χ0v) is 26.9. The molecule has 0 saturated carbocycles. The molecule has 1 heterocycles. The molecule has 3 aromatic rings. The molecule has 3 aromatic carbocycles. The van der Waals surface area contributed by atoms with Gasteiger partial charge in [0.1, 0.15) is 17.5 Å². The molecular formula is C34H44N2O5S. The van der Waals surface area contributed by atoms with Crippen LogP contribution < -0.4 is 14.8 Å². The normalized spacial score (nSPS) is 18.6. The molecule has 0 saturated heterocycles. The van der Waals surface area contributed by atoms with Gasteiger partial charge in [-0.1, -0.05) is 66.7 Å². The number of aliphatic hydroxyl groups excluding tert-OH is 1. The number of anilines is 1. The highest BCUT2D eigenvalue weighted by Gasteiger charge is 2.45. The zero-order valence-electron chi connectivity index (χ0n) is 26.1. The smallest absolute Gasteiger partial charge is 0.255 e. The SMILES string of the molecule is CCc1ccc(S(=O)(=O)N[C@@H]2c3cc(C(=O)Nc4cc(C(C)(C)C)cc(C(C)(C)C)c4)ccc3OC(C)(C)[C@H]2O)cc1. The maximum absolute atomic E-state index is 13.6. The van der Waals surface area contributed by atoms with Gasteiger partial charge >= 0.3 is 0 Å². The summed E-state index contributed by atoms with van der Waals surface area (Å²) in [6.45, 7) is 18.2. The Morgan fingerprint density at radius 1 is 0.905 bits per heavy atom. The van der Waals surface area contributed by atoms with Crippen LogP contribution in [0, 0.1) is 0 Å². The highest BCUT2D eigenvalue weighted by molar-refractivity contribution is 7.89. The van der Waals surface area contributed by atoms with Gasteiger partial charge in [-0.2, -0.15) is 0 Å². The summed E-state index contributed by atoms with van der Waals surface area (Å²) >= 11 is 0. The maximum atomic E-state index is 13.6. The Bertz CT molecular complexity index is 1550. The van der Waals surface area contributed by atoms with Crippen molar-refractivity contribution >= 4 is 21.6 Å². The van der Waals surface area contributed by atoms with E-state index in [0.717, 1.165) is 23.1 Å². The van der Waals surface area contributed by atoms with E-state index in [1.807, 2.05) is 19.1 Å². The summed E-state index contributed by atoms with van der Waals surface area (Å²) in [6.07, 6.45) is -0.428. The number of sulfonamides is 1. The average molecular weight is 593 g/mol. The van der Waals surface area contributed by atoms with Gasteiger partial charge in [-0.05, 0) is 90.3 Å². The molecule has 7 nitrogen and oxygen atoms in total. The first-order chi connectivity index (χ1) is 19.3. The van der Waals surface area contributed by atoms with E-state index in [-0.39, 0.29) is 21.6 Å². The van der Waals surface area contributed by atoms with Crippen LogP contribution in [0.5, 0.6) is 5.75 Å². The largest absolute Gasteiger partial charge is 0.485 e. The number of hydrogen-bond acceptors (Lipinski definition) is 5. The van der Waals surface area contributed by atoms with Crippen LogP contribution in [0.15, 0.2) is 65.6 Å². The zero-order chi connectivity index (χ0) is 31.3. The predicted octanol–water partition coefficient (Wildman–Crippen LogP) is 6.65. The topological polar surface area (TPSA) is 105 Å². The highest BCUT2D eigenvalue weighted by Crippen LogP contribution is 2.41. The fourth-order valence-corrected chi connectivity index (χ4v) is 6.20. The third kappa shape index (κ3) is 6.72. The molecule has 0 radical (unpaired) electrons. The van der Waals surface area contributed by atoms with Crippen LogP contribution in [-0.4, -0.2) is 31.1 Å². The number of benzene rings is 3. The second-order valence-corrected chi connectivity index (χ2v) is 15.5. The summed E-state index contributed by atoms with van der Waals surface area (Å²) < 4.78 is 35.6. The molecule has 0 bridgehead atoms. The minimum absolute atomic E-state index is 0.0972. The number of nitrogens with one attached hydrogen (secondary N) is 2. The van der Waals surface area contributed by atoms with Crippen molar-refractivity contribution in [2.75, 3.05) is 5.32 Å². The molecule has 1 amide bonds. The molecule has 0 spiro atoms. The summed E-state index contributed by atoms with van der Waals surface area (Å²) in [5, 5.41) is 14.3. The number of ether oxygens (including phenoxy) is 1. The molecule has 0 aromatic heterocycles. The molecule has 1 aliphatic rings. The van der Waals surface area contributed by atoms with E-state index >= 15 is 0 Å². The minimum atomic E-state index is -4.00. The fraction of sp³-hybridized carbons (Fsp3) is 0.441. The first kappa shape index (κ1) is 31.7. The third-order valence-corrected chi connectivity index (χ3v) is 9.31. The number of hydrogen-bond donors (Lipinski definition) is 3. The van der Waals surface area contributed by atoms with E-state index in [1.54, 1.807) is 56.3 Å². The molecule has 1 aliphatic heterocycles. The van der Waals surface area contributed by atoms with Gasteiger partial charge in [0.05, 0.1) is 10.9 Å². The van der Waals surface area contributed by atoms with E-state index in [9.17, 15) is 18.3 Å². The predicted molar refractivity (Wildman–Crippen MR) is 168 cm³/mol. The van der Waals surface area contributed by atoms with Crippen molar-refractivity contribution in [2.45, 2.75) is 102 Å². The van der Waals surface area contributed by atoms with Crippen LogP contribution in [0.3, 0.4) is 0 Å². The summed E-state index contributed by atoms with van der Waals surface area (Å²) in [4.78, 5) is 13.6. The van der Waals surface area contributed by atoms with Crippen LogP contribution in [0.1, 0.15) is 101 Å². The number of carbonyl (C=O) groups excluding carboxylic acids is 1. The molecule has 2 atom stereocenters. The molecule has 42 heavy (non-hydrogen) atoms. The van der Waals surface area contributed by atoms with Gasteiger partial charge in [0.2, 0.25) is 10.0 Å². The van der Waals surface area contributed by atoms with E-state index in [4.69, 9.17) is 4.74 Å². The first-order valence-electron chi connectivity index (χ1n) is 14.4. The van der Waals surface area contributed by atoms with Crippen LogP contribution >= 0.6 is 0 Å². The van der Waals surface area contributed by atoms with Crippen LogP contribution in [0.2, 0.25) is 0 Å². The van der Waals surface area contributed by atoms with Gasteiger partial charge in [0.15, 0.2) is 0 Å². The lowest BCUT2D eigenvalue weighted by Gasteiger charge is -2.42. The third-order valence-electron chi connectivity index (χ3n) is 7.86. The lowest BCUT2D eigenvalue weighted by Crippen LogP contribution is -2.53. The number of rotatable bonds is 6. The number of fused-ring (bicyclic) bond motifs is 1. The molecule has 226 valence electrons. The van der Waals surface area contributed by atoms with Gasteiger partial charge in [0.25, 0.3) is 5.91 Å². The van der Waals surface area contributed by atoms with E-state index in [0.29, 0.717) is 22.6 Å². The lowest BCUT2D eigenvalue weighted by molar-refractivity contribution is -0.0603. The average Bonchev–Trinajstić information content (AvgIpc) is 2.89. The molecule has 4 rings (SSSR count). The Labute approximate surface area is 250 Å². The van der Waals surface area contributed by atoms with Gasteiger partial charge in [-0.3, -0.25) is 4.79 Å². The Hall–Kier alpha value is -3.20. The number of amides is 1. The van der Waals surface area contributed by atoms with Gasteiger partial charge in [0, 0.05) is 16.8 Å². The van der Waals surface area contributed by atoms with Crippen molar-refractivity contribution in [3.8, 4) is 5.75 Å². The van der Waals surface area contributed by atoms with Crippen molar-refractivity contribution in [1.82, 2.24) is 4.72 Å². The lowest BCUT2D eigenvalue weighted by atomic mass is 9.80. The first-order valence-corrected chi connectivity index (χ1v) is 15.9. The molecule has 0 fully saturated rings. The molecular weight excluding hydrogens is 548 g/mol. The van der Waals surface area contributed by atoms with Gasteiger partial charge in [-0.25, -0.2) is 13.1 Å². The number of aryl methyl sites for hydroxylation is 1. The van der Waals surface area contributed by atoms with Crippen molar-refractivity contribution < 1.29 is 23.1 Å². The van der Waals surface area contributed by atoms with Crippen LogP contribution in [-0.2, 0) is 27.3 Å². The Balaban J connectivity index is 1.70. The molecule has 0 unspecified atom stereocenters. The Kier molecular flexibility index (Phi) is 8.41. The molecule has 0 aliphatic carbocycles. The fourth-order valence-electron chi connectivity index (χ4n) is 4.98. The summed E-state index contributed by atoms with van der Waals surface area (Å²) in [5.41, 5.74) is 3.31. The Morgan fingerprint density at radius 2 is 1.48 bits per heavy atom. The standard InChI is InChI=1S/C34H44N2O5S/c1-10-21-11-14-26(15-12-21)42(39,40)36-29-27-17-22(13-16-28(27)41-34(8,9)30(29)37)31(38)35-25-19-23(32(2,3)4)18-24(20-25)33(5,6)7/h11-20,29-30,36-37H,10H2,1-9H3,(H,35,38)/t29-,30+/m1/s1. The molecule has 8 heteroatoms. The summed E-state index contributed by atoms with van der Waals surface area (Å²) in [5.74, 6) is 0.0560. The van der Waals surface area contributed by atoms with Crippen LogP contribution in [0.25, 0.3) is 0 Å². The number of carbonyl (C=O) groups is 1. The van der Waals surface area contributed by atoms with E-state index < -0.39 is 27.8 Å². The van der Waals surface area contributed by atoms with Gasteiger partial charge < -0.3 is 15.2 Å². The second-order valence-electron chi connectivity index (χ2n) is 13.8. The van der Waals surface area contributed by atoms with Crippen LogP contribution in [0.4, 0.5) is 5.69 Å². The van der Waals surface area contributed by atoms with E-state index in [2.05, 4.69) is 57.6 Å². The quantitative estimate of drug-likeness (QED) is 0.297. The maximum Gasteiger partial charge on any atom is 0.255 e. The van der Waals surface area contributed by atoms with Crippen molar-refractivity contribution in [1.29, 1.82) is 0 Å².